The number of aromatic carboxylic acids is 1. The average Bonchev–Trinajstić information content (AvgIpc) is 2.37. The minimum absolute atomic E-state index is 0.174. The lowest BCUT2D eigenvalue weighted by atomic mass is 9.98. The number of pyridine rings is 1. The molecule has 0 bridgehead atoms. The zero-order chi connectivity index (χ0) is 15.6. The Kier molecular flexibility index (Phi) is 4.26. The average molecular weight is 285 g/mol. The highest BCUT2D eigenvalue weighted by atomic mass is 16.5. The van der Waals surface area contributed by atoms with Crippen LogP contribution in [-0.4, -0.2) is 16.1 Å². The van der Waals surface area contributed by atoms with Gasteiger partial charge in [0, 0.05) is 11.8 Å². The molecule has 1 heterocycles. The predicted octanol–water partition coefficient (Wildman–Crippen LogP) is 4.31. The van der Waals surface area contributed by atoms with Gasteiger partial charge in [0.1, 0.15) is 5.75 Å². The van der Waals surface area contributed by atoms with E-state index in [0.29, 0.717) is 23.2 Å². The molecule has 1 aromatic heterocycles. The van der Waals surface area contributed by atoms with Crippen LogP contribution in [0.1, 0.15) is 46.9 Å². The van der Waals surface area contributed by atoms with Crippen molar-refractivity contribution in [1.82, 2.24) is 4.98 Å². The standard InChI is InChI=1S/C17H19NO3/c1-10(2)15-6-5-14(7-11(15)3)21-16-9-13(17(19)20)8-12(4)18-16/h5-10H,1-4H3,(H,19,20). The van der Waals surface area contributed by atoms with Crippen molar-refractivity contribution in [2.24, 2.45) is 0 Å². The van der Waals surface area contributed by atoms with E-state index in [0.717, 1.165) is 5.56 Å². The molecular formula is C17H19NO3. The Labute approximate surface area is 124 Å². The highest BCUT2D eigenvalue weighted by Crippen LogP contribution is 2.26. The van der Waals surface area contributed by atoms with E-state index in [9.17, 15) is 4.79 Å². The quantitative estimate of drug-likeness (QED) is 0.909. The van der Waals surface area contributed by atoms with Crippen molar-refractivity contribution in [3.8, 4) is 11.6 Å². The molecule has 0 fully saturated rings. The molecule has 1 N–H and O–H groups in total. The van der Waals surface area contributed by atoms with Crippen LogP contribution in [0.3, 0.4) is 0 Å². The van der Waals surface area contributed by atoms with Crippen molar-refractivity contribution in [1.29, 1.82) is 0 Å². The maximum Gasteiger partial charge on any atom is 0.335 e. The number of aromatic nitrogens is 1. The smallest absolute Gasteiger partial charge is 0.335 e. The first-order valence-electron chi connectivity index (χ1n) is 6.87. The second kappa shape index (κ2) is 5.95. The van der Waals surface area contributed by atoms with Crippen LogP contribution in [0.25, 0.3) is 0 Å². The first kappa shape index (κ1) is 15.0. The van der Waals surface area contributed by atoms with Gasteiger partial charge in [-0.3, -0.25) is 0 Å². The minimum atomic E-state index is -0.989. The van der Waals surface area contributed by atoms with E-state index in [-0.39, 0.29) is 5.56 Å². The lowest BCUT2D eigenvalue weighted by molar-refractivity contribution is 0.0696. The molecule has 0 saturated heterocycles. The molecule has 0 saturated carbocycles. The molecule has 0 amide bonds. The molecule has 2 rings (SSSR count). The zero-order valence-electron chi connectivity index (χ0n) is 12.7. The molecule has 2 aromatic rings. The van der Waals surface area contributed by atoms with Gasteiger partial charge in [-0.05, 0) is 49.1 Å². The number of carboxylic acids is 1. The van der Waals surface area contributed by atoms with Crippen LogP contribution >= 0.6 is 0 Å². The normalized spacial score (nSPS) is 10.7. The molecule has 21 heavy (non-hydrogen) atoms. The minimum Gasteiger partial charge on any atom is -0.478 e. The Morgan fingerprint density at radius 1 is 1.19 bits per heavy atom. The summed E-state index contributed by atoms with van der Waals surface area (Å²) in [5.74, 6) is 0.418. The maximum absolute atomic E-state index is 11.0. The second-order valence-electron chi connectivity index (χ2n) is 5.42. The zero-order valence-corrected chi connectivity index (χ0v) is 12.7. The van der Waals surface area contributed by atoms with E-state index in [1.54, 1.807) is 6.92 Å². The number of carbonyl (C=O) groups is 1. The summed E-state index contributed by atoms with van der Waals surface area (Å²) in [6, 6.07) is 8.80. The van der Waals surface area contributed by atoms with Crippen molar-refractivity contribution in [3.63, 3.8) is 0 Å². The number of carboxylic acid groups (broad SMARTS) is 1. The van der Waals surface area contributed by atoms with E-state index >= 15 is 0 Å². The molecule has 0 atom stereocenters. The van der Waals surface area contributed by atoms with Gasteiger partial charge in [-0.2, -0.15) is 0 Å². The maximum atomic E-state index is 11.0. The van der Waals surface area contributed by atoms with Crippen LogP contribution in [-0.2, 0) is 0 Å². The van der Waals surface area contributed by atoms with Gasteiger partial charge in [-0.25, -0.2) is 9.78 Å². The van der Waals surface area contributed by atoms with E-state index in [1.165, 1.54) is 17.7 Å². The molecule has 4 heteroatoms. The fourth-order valence-corrected chi connectivity index (χ4v) is 2.29. The third-order valence-corrected chi connectivity index (χ3v) is 3.26. The van der Waals surface area contributed by atoms with Crippen LogP contribution in [0.15, 0.2) is 30.3 Å². The SMILES string of the molecule is Cc1cc(C(=O)O)cc(Oc2ccc(C(C)C)c(C)c2)n1. The summed E-state index contributed by atoms with van der Waals surface area (Å²) in [5.41, 5.74) is 3.20. The molecular weight excluding hydrogens is 266 g/mol. The van der Waals surface area contributed by atoms with Gasteiger partial charge in [-0.15, -0.1) is 0 Å². The van der Waals surface area contributed by atoms with Crippen LogP contribution in [0.5, 0.6) is 11.6 Å². The summed E-state index contributed by atoms with van der Waals surface area (Å²) in [7, 11) is 0. The number of aryl methyl sites for hydroxylation is 2. The van der Waals surface area contributed by atoms with Gasteiger partial charge in [0.25, 0.3) is 0 Å². The van der Waals surface area contributed by atoms with E-state index < -0.39 is 5.97 Å². The Morgan fingerprint density at radius 3 is 2.48 bits per heavy atom. The Bertz CT molecular complexity index is 678. The van der Waals surface area contributed by atoms with Crippen LogP contribution in [0.4, 0.5) is 0 Å². The van der Waals surface area contributed by atoms with E-state index in [2.05, 4.69) is 18.8 Å². The summed E-state index contributed by atoms with van der Waals surface area (Å²) in [6.45, 7) is 8.06. The number of rotatable bonds is 4. The highest BCUT2D eigenvalue weighted by Gasteiger charge is 2.09. The molecule has 1 aromatic carbocycles. The summed E-state index contributed by atoms with van der Waals surface area (Å²) in [4.78, 5) is 15.3. The summed E-state index contributed by atoms with van der Waals surface area (Å²) < 4.78 is 5.69. The third-order valence-electron chi connectivity index (χ3n) is 3.26. The van der Waals surface area contributed by atoms with Crippen LogP contribution in [0.2, 0.25) is 0 Å². The molecule has 0 spiro atoms. The van der Waals surface area contributed by atoms with Gasteiger partial charge < -0.3 is 9.84 Å². The third kappa shape index (κ3) is 3.60. The Balaban J connectivity index is 2.30. The van der Waals surface area contributed by atoms with Crippen molar-refractivity contribution in [2.45, 2.75) is 33.6 Å². The van der Waals surface area contributed by atoms with Crippen molar-refractivity contribution < 1.29 is 14.6 Å². The number of nitrogens with zero attached hydrogens (tertiary/aromatic N) is 1. The fraction of sp³-hybridized carbons (Fsp3) is 0.294. The van der Waals surface area contributed by atoms with Crippen LogP contribution in [0, 0.1) is 13.8 Å². The Morgan fingerprint density at radius 2 is 1.90 bits per heavy atom. The fourth-order valence-electron chi connectivity index (χ4n) is 2.29. The van der Waals surface area contributed by atoms with Gasteiger partial charge in [0.15, 0.2) is 0 Å². The highest BCUT2D eigenvalue weighted by molar-refractivity contribution is 5.88. The van der Waals surface area contributed by atoms with Gasteiger partial charge in [0.05, 0.1) is 5.56 Å². The molecule has 0 aliphatic heterocycles. The number of hydrogen-bond donors (Lipinski definition) is 1. The summed E-state index contributed by atoms with van der Waals surface area (Å²) >= 11 is 0. The van der Waals surface area contributed by atoms with Crippen molar-refractivity contribution >= 4 is 5.97 Å². The first-order chi connectivity index (χ1) is 9.86. The van der Waals surface area contributed by atoms with Crippen molar-refractivity contribution in [2.75, 3.05) is 0 Å². The summed E-state index contributed by atoms with van der Waals surface area (Å²) in [5, 5.41) is 9.06. The van der Waals surface area contributed by atoms with Gasteiger partial charge in [0.2, 0.25) is 5.88 Å². The summed E-state index contributed by atoms with van der Waals surface area (Å²) in [6.07, 6.45) is 0. The van der Waals surface area contributed by atoms with E-state index in [4.69, 9.17) is 9.84 Å². The van der Waals surface area contributed by atoms with Crippen molar-refractivity contribution in [3.05, 3.63) is 52.7 Å². The van der Waals surface area contributed by atoms with Gasteiger partial charge in [-0.1, -0.05) is 19.9 Å². The van der Waals surface area contributed by atoms with E-state index in [1.807, 2.05) is 25.1 Å². The molecule has 0 aliphatic rings. The Hall–Kier alpha value is -2.36. The second-order valence-corrected chi connectivity index (χ2v) is 5.42. The topological polar surface area (TPSA) is 59.4 Å². The lowest BCUT2D eigenvalue weighted by Crippen LogP contribution is -2.00. The van der Waals surface area contributed by atoms with Gasteiger partial charge >= 0.3 is 5.97 Å². The number of hydrogen-bond acceptors (Lipinski definition) is 3. The largest absolute Gasteiger partial charge is 0.478 e. The predicted molar refractivity (Wildman–Crippen MR) is 81.3 cm³/mol. The molecule has 0 aliphatic carbocycles. The molecule has 4 nitrogen and oxygen atoms in total. The molecule has 0 radical (unpaired) electrons. The first-order valence-corrected chi connectivity index (χ1v) is 6.87. The monoisotopic (exact) mass is 285 g/mol. The number of benzene rings is 1. The molecule has 0 unspecified atom stereocenters. The lowest BCUT2D eigenvalue weighted by Gasteiger charge is -2.12. The number of ether oxygens (including phenoxy) is 1. The van der Waals surface area contributed by atoms with Crippen LogP contribution < -0.4 is 4.74 Å². The molecule has 110 valence electrons.